The molecule has 1 saturated heterocycles. The van der Waals surface area contributed by atoms with Gasteiger partial charge in [0.25, 0.3) is 0 Å². The minimum absolute atomic E-state index is 0.177. The number of aryl methyl sites for hydroxylation is 1. The zero-order valence-electron chi connectivity index (χ0n) is 10.6. The average molecular weight is 268 g/mol. The highest BCUT2D eigenvalue weighted by molar-refractivity contribution is 5.82. The van der Waals surface area contributed by atoms with Crippen molar-refractivity contribution in [1.29, 1.82) is 0 Å². The van der Waals surface area contributed by atoms with Crippen molar-refractivity contribution in [2.45, 2.75) is 44.9 Å². The fraction of sp³-hybridized carbons (Fsp3) is 0.583. The van der Waals surface area contributed by atoms with Crippen molar-refractivity contribution in [3.63, 3.8) is 0 Å². The van der Waals surface area contributed by atoms with Gasteiger partial charge in [-0.25, -0.2) is 9.78 Å². The molecule has 1 aliphatic rings. The van der Waals surface area contributed by atoms with Gasteiger partial charge in [0.05, 0.1) is 12.7 Å². The predicted molar refractivity (Wildman–Crippen MR) is 63.3 cm³/mol. The number of rotatable bonds is 5. The number of hydrogen-bond acceptors (Lipinski definition) is 5. The number of aliphatic carboxylic acids is 1. The van der Waals surface area contributed by atoms with E-state index in [0.717, 1.165) is 12.2 Å². The lowest BCUT2D eigenvalue weighted by Crippen LogP contribution is -2.35. The van der Waals surface area contributed by atoms with Gasteiger partial charge in [0, 0.05) is 6.42 Å². The van der Waals surface area contributed by atoms with E-state index in [-0.39, 0.29) is 12.5 Å². The fourth-order valence-corrected chi connectivity index (χ4v) is 1.88. The Labute approximate surface area is 110 Å². The van der Waals surface area contributed by atoms with Crippen LogP contribution in [0.1, 0.15) is 31.4 Å². The van der Waals surface area contributed by atoms with Gasteiger partial charge in [-0.2, -0.15) is 0 Å². The number of carbonyl (C=O) groups excluding carboxylic acids is 1. The highest BCUT2D eigenvalue weighted by Crippen LogP contribution is 2.20. The molecule has 7 heteroatoms. The van der Waals surface area contributed by atoms with Crippen LogP contribution in [0.3, 0.4) is 0 Å². The first-order valence-corrected chi connectivity index (χ1v) is 6.19. The third kappa shape index (κ3) is 3.31. The van der Waals surface area contributed by atoms with Crippen molar-refractivity contribution >= 4 is 11.9 Å². The molecule has 1 fully saturated rings. The van der Waals surface area contributed by atoms with Gasteiger partial charge in [0.1, 0.15) is 11.9 Å². The molecule has 1 aliphatic heterocycles. The number of nitrogens with one attached hydrogen (secondary N) is 1. The van der Waals surface area contributed by atoms with Crippen LogP contribution in [0.5, 0.6) is 0 Å². The lowest BCUT2D eigenvalue weighted by molar-refractivity contribution is -0.151. The third-order valence-electron chi connectivity index (χ3n) is 2.95. The molecule has 0 aliphatic carbocycles. The molecular weight excluding hydrogens is 252 g/mol. The molecule has 1 aromatic rings. The molecule has 0 bridgehead atoms. The topological polar surface area (TPSA) is 102 Å². The van der Waals surface area contributed by atoms with Crippen LogP contribution in [0.2, 0.25) is 0 Å². The smallest absolute Gasteiger partial charge is 0.332 e. The van der Waals surface area contributed by atoms with E-state index in [4.69, 9.17) is 14.3 Å². The van der Waals surface area contributed by atoms with Gasteiger partial charge in [-0.15, -0.1) is 0 Å². The maximum absolute atomic E-state index is 11.8. The highest BCUT2D eigenvalue weighted by Gasteiger charge is 2.34. The molecule has 0 spiro atoms. The molecule has 0 radical (unpaired) electrons. The fourth-order valence-electron chi connectivity index (χ4n) is 1.88. The first-order valence-electron chi connectivity index (χ1n) is 6.19. The summed E-state index contributed by atoms with van der Waals surface area (Å²) < 4.78 is 10.5. The molecule has 2 heterocycles. The highest BCUT2D eigenvalue weighted by atomic mass is 16.5. The van der Waals surface area contributed by atoms with Crippen molar-refractivity contribution in [1.82, 2.24) is 10.3 Å². The van der Waals surface area contributed by atoms with E-state index in [2.05, 4.69) is 10.3 Å². The first kappa shape index (κ1) is 13.5. The second-order valence-electron chi connectivity index (χ2n) is 4.32. The average Bonchev–Trinajstić information content (AvgIpc) is 3.04. The minimum atomic E-state index is -1.03. The monoisotopic (exact) mass is 268 g/mol. The molecule has 1 aromatic heterocycles. The first-order chi connectivity index (χ1) is 9.10. The summed E-state index contributed by atoms with van der Waals surface area (Å²) in [4.78, 5) is 26.5. The van der Waals surface area contributed by atoms with Crippen LogP contribution >= 0.6 is 0 Å². The van der Waals surface area contributed by atoms with Gasteiger partial charge in [-0.05, 0) is 12.8 Å². The van der Waals surface area contributed by atoms with Crippen molar-refractivity contribution in [2.24, 2.45) is 0 Å². The number of carboxylic acids is 1. The van der Waals surface area contributed by atoms with Gasteiger partial charge in [-0.3, -0.25) is 4.79 Å². The summed E-state index contributed by atoms with van der Waals surface area (Å²) >= 11 is 0. The number of carboxylic acid groups (broad SMARTS) is 1. The Hall–Kier alpha value is -1.89. The molecule has 1 amide bonds. The summed E-state index contributed by atoms with van der Waals surface area (Å²) in [5, 5.41) is 11.4. The summed E-state index contributed by atoms with van der Waals surface area (Å²) in [6.45, 7) is 2.12. The van der Waals surface area contributed by atoms with Gasteiger partial charge < -0.3 is 19.6 Å². The van der Waals surface area contributed by atoms with Gasteiger partial charge in [-0.1, -0.05) is 6.92 Å². The van der Waals surface area contributed by atoms with Crippen LogP contribution < -0.4 is 5.32 Å². The van der Waals surface area contributed by atoms with Crippen LogP contribution in [-0.2, 0) is 27.3 Å². The van der Waals surface area contributed by atoms with Crippen LogP contribution in [0.25, 0.3) is 0 Å². The minimum Gasteiger partial charge on any atom is -0.479 e. The molecule has 19 heavy (non-hydrogen) atoms. The zero-order valence-corrected chi connectivity index (χ0v) is 10.6. The largest absolute Gasteiger partial charge is 0.479 e. The van der Waals surface area contributed by atoms with Crippen LogP contribution in [-0.4, -0.2) is 34.2 Å². The standard InChI is InChI=1S/C12H16N2O5/c1-2-7-5-13-10(18-7)6-14-11(15)8-3-4-9(19-8)12(16)17/h5,8-9H,2-4,6H2,1H3,(H,14,15)(H,16,17). The van der Waals surface area contributed by atoms with Crippen LogP contribution in [0, 0.1) is 0 Å². The van der Waals surface area contributed by atoms with Crippen molar-refractivity contribution in [3.05, 3.63) is 17.8 Å². The Morgan fingerprint density at radius 1 is 1.47 bits per heavy atom. The predicted octanol–water partition coefficient (Wildman–Crippen LogP) is 0.485. The number of aromatic nitrogens is 1. The Morgan fingerprint density at radius 3 is 2.79 bits per heavy atom. The Kier molecular flexibility index (Phi) is 4.16. The van der Waals surface area contributed by atoms with Crippen molar-refractivity contribution in [3.8, 4) is 0 Å². The normalized spacial score (nSPS) is 22.4. The molecule has 2 rings (SSSR count). The summed E-state index contributed by atoms with van der Waals surface area (Å²) in [6.07, 6.45) is 1.54. The maximum Gasteiger partial charge on any atom is 0.332 e. The number of amides is 1. The van der Waals surface area contributed by atoms with E-state index in [0.29, 0.717) is 18.7 Å². The second kappa shape index (κ2) is 5.83. The SMILES string of the molecule is CCc1cnc(CNC(=O)C2CCC(C(=O)O)O2)o1. The molecule has 7 nitrogen and oxygen atoms in total. The van der Waals surface area contributed by atoms with Crippen molar-refractivity contribution < 1.29 is 23.8 Å². The number of oxazole rings is 1. The van der Waals surface area contributed by atoms with E-state index < -0.39 is 18.2 Å². The zero-order chi connectivity index (χ0) is 13.8. The number of ether oxygens (including phenoxy) is 1. The van der Waals surface area contributed by atoms with E-state index in [9.17, 15) is 9.59 Å². The number of hydrogen-bond donors (Lipinski definition) is 2. The lowest BCUT2D eigenvalue weighted by Gasteiger charge is -2.10. The molecule has 0 aromatic carbocycles. The van der Waals surface area contributed by atoms with Gasteiger partial charge in [0.2, 0.25) is 11.8 Å². The maximum atomic E-state index is 11.8. The molecular formula is C12H16N2O5. The molecule has 2 N–H and O–H groups in total. The second-order valence-corrected chi connectivity index (χ2v) is 4.32. The Morgan fingerprint density at radius 2 is 2.21 bits per heavy atom. The summed E-state index contributed by atoms with van der Waals surface area (Å²) in [6, 6.07) is 0. The number of carbonyl (C=O) groups is 2. The quantitative estimate of drug-likeness (QED) is 0.805. The van der Waals surface area contributed by atoms with Gasteiger partial charge in [0.15, 0.2) is 6.10 Å². The van der Waals surface area contributed by atoms with Crippen LogP contribution in [0.15, 0.2) is 10.6 Å². The molecule has 104 valence electrons. The molecule has 2 unspecified atom stereocenters. The Bertz CT molecular complexity index is 470. The lowest BCUT2D eigenvalue weighted by atomic mass is 10.2. The van der Waals surface area contributed by atoms with E-state index in [1.165, 1.54) is 0 Å². The summed E-state index contributed by atoms with van der Waals surface area (Å²) in [5.74, 6) is -0.180. The van der Waals surface area contributed by atoms with E-state index in [1.807, 2.05) is 6.92 Å². The summed E-state index contributed by atoms with van der Waals surface area (Å²) in [5.41, 5.74) is 0. The number of nitrogens with zero attached hydrogens (tertiary/aromatic N) is 1. The van der Waals surface area contributed by atoms with Crippen LogP contribution in [0.4, 0.5) is 0 Å². The molecule has 2 atom stereocenters. The van der Waals surface area contributed by atoms with Crippen molar-refractivity contribution in [2.75, 3.05) is 0 Å². The third-order valence-corrected chi connectivity index (χ3v) is 2.95. The van der Waals surface area contributed by atoms with E-state index >= 15 is 0 Å². The Balaban J connectivity index is 1.80. The van der Waals surface area contributed by atoms with E-state index in [1.54, 1.807) is 6.20 Å². The van der Waals surface area contributed by atoms with Gasteiger partial charge >= 0.3 is 5.97 Å². The molecule has 0 saturated carbocycles. The summed E-state index contributed by atoms with van der Waals surface area (Å²) in [7, 11) is 0.